The number of carboxylic acid groups (broad SMARTS) is 1. The molecule has 1 aromatic carbocycles. The number of rotatable bonds is 5. The van der Waals surface area contributed by atoms with Crippen LogP contribution in [0.1, 0.15) is 31.4 Å². The van der Waals surface area contributed by atoms with Gasteiger partial charge in [0.2, 0.25) is 0 Å². The van der Waals surface area contributed by atoms with E-state index in [4.69, 9.17) is 14.6 Å². The highest BCUT2D eigenvalue weighted by atomic mass is 19.4. The molecule has 0 bridgehead atoms. The van der Waals surface area contributed by atoms with E-state index in [2.05, 4.69) is 0 Å². The molecule has 0 saturated heterocycles. The summed E-state index contributed by atoms with van der Waals surface area (Å²) in [4.78, 5) is 10.9. The predicted molar refractivity (Wildman–Crippen MR) is 69.8 cm³/mol. The van der Waals surface area contributed by atoms with Crippen LogP contribution in [-0.2, 0) is 16.4 Å². The van der Waals surface area contributed by atoms with Gasteiger partial charge in [-0.3, -0.25) is 4.79 Å². The Bertz CT molecular complexity index is 536. The fraction of sp³-hybridized carbons (Fsp3) is 0.500. The maximum absolute atomic E-state index is 13.2. The van der Waals surface area contributed by atoms with Gasteiger partial charge in [0.1, 0.15) is 0 Å². The minimum atomic E-state index is -4.62. The molecule has 0 fully saturated rings. The van der Waals surface area contributed by atoms with Crippen LogP contribution in [0.3, 0.4) is 0 Å². The van der Waals surface area contributed by atoms with E-state index in [-0.39, 0.29) is 17.1 Å². The quantitative estimate of drug-likeness (QED) is 0.905. The van der Waals surface area contributed by atoms with Crippen molar-refractivity contribution in [2.24, 2.45) is 0 Å². The maximum Gasteiger partial charge on any atom is 0.416 e. The zero-order chi connectivity index (χ0) is 16.4. The van der Waals surface area contributed by atoms with Gasteiger partial charge in [-0.25, -0.2) is 0 Å². The third kappa shape index (κ3) is 3.80. The Kier molecular flexibility index (Phi) is 4.76. The summed E-state index contributed by atoms with van der Waals surface area (Å²) in [6.45, 7) is 2.88. The molecule has 21 heavy (non-hydrogen) atoms. The van der Waals surface area contributed by atoms with Crippen molar-refractivity contribution in [1.82, 2.24) is 0 Å². The molecule has 118 valence electrons. The van der Waals surface area contributed by atoms with Crippen molar-refractivity contribution in [1.29, 1.82) is 0 Å². The van der Waals surface area contributed by atoms with Crippen LogP contribution in [0, 0.1) is 0 Å². The highest BCUT2D eigenvalue weighted by molar-refractivity contribution is 5.69. The summed E-state index contributed by atoms with van der Waals surface area (Å²) < 4.78 is 49.6. The molecule has 0 radical (unpaired) electrons. The second-order valence-electron chi connectivity index (χ2n) is 5.20. The summed E-state index contributed by atoms with van der Waals surface area (Å²) in [5.41, 5.74) is -2.28. The molecule has 0 aliphatic heterocycles. The number of alkyl halides is 3. The lowest BCUT2D eigenvalue weighted by molar-refractivity contribution is -0.141. The predicted octanol–water partition coefficient (Wildman–Crippen LogP) is 3.47. The summed E-state index contributed by atoms with van der Waals surface area (Å²) >= 11 is 0. The minimum absolute atomic E-state index is 0.0558. The first kappa shape index (κ1) is 17.1. The van der Waals surface area contributed by atoms with Crippen LogP contribution in [0.2, 0.25) is 0 Å². The largest absolute Gasteiger partial charge is 0.493 e. The van der Waals surface area contributed by atoms with E-state index in [1.54, 1.807) is 0 Å². The van der Waals surface area contributed by atoms with Crippen LogP contribution in [-0.4, -0.2) is 25.3 Å². The number of halogens is 3. The van der Waals surface area contributed by atoms with Crippen molar-refractivity contribution in [2.45, 2.75) is 31.9 Å². The lowest BCUT2D eigenvalue weighted by Crippen LogP contribution is -2.26. The molecule has 1 rings (SSSR count). The number of carbonyl (C=O) groups is 1. The number of hydrogen-bond donors (Lipinski definition) is 1. The van der Waals surface area contributed by atoms with E-state index in [1.807, 2.05) is 0 Å². The van der Waals surface area contributed by atoms with Gasteiger partial charge in [-0.1, -0.05) is 13.8 Å². The SMILES string of the molecule is COc1cc(C(F)(F)F)c(C(C)(C)CC(=O)O)cc1OC. The van der Waals surface area contributed by atoms with E-state index >= 15 is 0 Å². The van der Waals surface area contributed by atoms with Gasteiger partial charge in [-0.2, -0.15) is 13.2 Å². The highest BCUT2D eigenvalue weighted by Gasteiger charge is 2.39. The second-order valence-corrected chi connectivity index (χ2v) is 5.20. The molecule has 0 aliphatic carbocycles. The van der Waals surface area contributed by atoms with Crippen molar-refractivity contribution in [2.75, 3.05) is 14.2 Å². The van der Waals surface area contributed by atoms with Crippen LogP contribution in [0.15, 0.2) is 12.1 Å². The van der Waals surface area contributed by atoms with Crippen LogP contribution in [0.5, 0.6) is 11.5 Å². The monoisotopic (exact) mass is 306 g/mol. The van der Waals surface area contributed by atoms with Gasteiger partial charge in [-0.05, 0) is 17.7 Å². The number of ether oxygens (including phenoxy) is 2. The Morgan fingerprint density at radius 2 is 1.52 bits per heavy atom. The molecule has 1 N–H and O–H groups in total. The molecule has 7 heteroatoms. The van der Waals surface area contributed by atoms with Crippen molar-refractivity contribution >= 4 is 5.97 Å². The fourth-order valence-electron chi connectivity index (χ4n) is 2.15. The first-order valence-corrected chi connectivity index (χ1v) is 6.08. The minimum Gasteiger partial charge on any atom is -0.493 e. The zero-order valence-electron chi connectivity index (χ0n) is 12.2. The van der Waals surface area contributed by atoms with E-state index in [0.29, 0.717) is 0 Å². The van der Waals surface area contributed by atoms with Gasteiger partial charge in [0, 0.05) is 5.41 Å². The second kappa shape index (κ2) is 5.83. The molecule has 1 aromatic rings. The summed E-state index contributed by atoms with van der Waals surface area (Å²) in [6, 6.07) is 2.02. The Morgan fingerprint density at radius 1 is 1.10 bits per heavy atom. The average molecular weight is 306 g/mol. The summed E-state index contributed by atoms with van der Waals surface area (Å²) in [7, 11) is 2.54. The third-order valence-corrected chi connectivity index (χ3v) is 3.15. The van der Waals surface area contributed by atoms with Crippen molar-refractivity contribution < 1.29 is 32.5 Å². The smallest absolute Gasteiger partial charge is 0.416 e. The normalized spacial score (nSPS) is 12.1. The Labute approximate surface area is 120 Å². The van der Waals surface area contributed by atoms with Crippen LogP contribution >= 0.6 is 0 Å². The van der Waals surface area contributed by atoms with Gasteiger partial charge >= 0.3 is 12.1 Å². The van der Waals surface area contributed by atoms with Crippen LogP contribution in [0.4, 0.5) is 13.2 Å². The highest BCUT2D eigenvalue weighted by Crippen LogP contribution is 2.44. The fourth-order valence-corrected chi connectivity index (χ4v) is 2.15. The van der Waals surface area contributed by atoms with Crippen molar-refractivity contribution in [3.8, 4) is 11.5 Å². The van der Waals surface area contributed by atoms with Gasteiger partial charge in [0.05, 0.1) is 26.2 Å². The molecule has 0 aromatic heterocycles. The van der Waals surface area contributed by atoms with Gasteiger partial charge in [0.25, 0.3) is 0 Å². The molecule has 0 aliphatic rings. The summed E-state index contributed by atoms with van der Waals surface area (Å²) in [5, 5.41) is 8.89. The molecule has 0 heterocycles. The van der Waals surface area contributed by atoms with Crippen LogP contribution in [0.25, 0.3) is 0 Å². The van der Waals surface area contributed by atoms with E-state index in [1.165, 1.54) is 34.1 Å². The lowest BCUT2D eigenvalue weighted by Gasteiger charge is -2.28. The average Bonchev–Trinajstić information content (AvgIpc) is 2.34. The number of carboxylic acids is 1. The standard InChI is InChI=1S/C14H17F3O4/c1-13(2,7-12(18)19)8-5-10(20-3)11(21-4)6-9(8)14(15,16)17/h5-6H,7H2,1-4H3,(H,18,19). The Balaban J connectivity index is 3.58. The number of aliphatic carboxylic acids is 1. The van der Waals surface area contributed by atoms with Gasteiger partial charge in [-0.15, -0.1) is 0 Å². The molecule has 0 atom stereocenters. The zero-order valence-corrected chi connectivity index (χ0v) is 12.2. The molecule has 0 saturated carbocycles. The molecular weight excluding hydrogens is 289 g/mol. The van der Waals surface area contributed by atoms with Crippen molar-refractivity contribution in [3.05, 3.63) is 23.3 Å². The van der Waals surface area contributed by atoms with E-state index in [0.717, 1.165) is 6.07 Å². The maximum atomic E-state index is 13.2. The number of hydrogen-bond acceptors (Lipinski definition) is 3. The molecular formula is C14H17F3O4. The van der Waals surface area contributed by atoms with Crippen LogP contribution < -0.4 is 9.47 Å². The summed E-state index contributed by atoms with van der Waals surface area (Å²) in [5.74, 6) is -1.11. The molecule has 0 amide bonds. The van der Waals surface area contributed by atoms with Crippen molar-refractivity contribution in [3.63, 3.8) is 0 Å². The molecule has 0 unspecified atom stereocenters. The number of benzene rings is 1. The number of methoxy groups -OCH3 is 2. The molecule has 0 spiro atoms. The topological polar surface area (TPSA) is 55.8 Å². The first-order valence-electron chi connectivity index (χ1n) is 6.08. The van der Waals surface area contributed by atoms with E-state index in [9.17, 15) is 18.0 Å². The van der Waals surface area contributed by atoms with Gasteiger partial charge < -0.3 is 14.6 Å². The Hall–Kier alpha value is -1.92. The summed E-state index contributed by atoms with van der Waals surface area (Å²) in [6.07, 6.45) is -5.06. The third-order valence-electron chi connectivity index (χ3n) is 3.15. The van der Waals surface area contributed by atoms with E-state index < -0.39 is 29.5 Å². The van der Waals surface area contributed by atoms with Gasteiger partial charge in [0.15, 0.2) is 11.5 Å². The molecule has 4 nitrogen and oxygen atoms in total. The Morgan fingerprint density at radius 3 is 1.86 bits per heavy atom. The first-order chi connectivity index (χ1) is 9.52. The lowest BCUT2D eigenvalue weighted by atomic mass is 9.78.